The van der Waals surface area contributed by atoms with Gasteiger partial charge in [0.1, 0.15) is 11.6 Å². The number of ether oxygens (including phenoxy) is 1. The minimum absolute atomic E-state index is 0.157. The van der Waals surface area contributed by atoms with E-state index in [4.69, 9.17) is 21.3 Å². The van der Waals surface area contributed by atoms with Gasteiger partial charge in [0.05, 0.1) is 17.8 Å². The van der Waals surface area contributed by atoms with E-state index in [-0.39, 0.29) is 11.6 Å². The van der Waals surface area contributed by atoms with Crippen LogP contribution in [0.4, 0.5) is 0 Å². The Kier molecular flexibility index (Phi) is 6.71. The molecule has 3 aromatic rings. The number of aromatic nitrogens is 4. The molecule has 0 spiro atoms. The molecular weight excluding hydrogens is 404 g/mol. The van der Waals surface area contributed by atoms with E-state index in [0.29, 0.717) is 34.0 Å². The maximum absolute atomic E-state index is 13.2. The van der Waals surface area contributed by atoms with Gasteiger partial charge in [0.2, 0.25) is 0 Å². The summed E-state index contributed by atoms with van der Waals surface area (Å²) in [7, 11) is 3.05. The lowest BCUT2D eigenvalue weighted by molar-refractivity contribution is 0.415. The highest BCUT2D eigenvalue weighted by Gasteiger charge is 2.25. The number of rotatable bonds is 8. The smallest absolute Gasteiger partial charge is 0.337 e. The van der Waals surface area contributed by atoms with Crippen molar-refractivity contribution < 1.29 is 4.74 Å². The lowest BCUT2D eigenvalue weighted by Gasteiger charge is -2.20. The van der Waals surface area contributed by atoms with Crippen molar-refractivity contribution in [1.29, 1.82) is 0 Å². The van der Waals surface area contributed by atoms with Gasteiger partial charge >= 0.3 is 5.69 Å². The Morgan fingerprint density at radius 1 is 1.13 bits per heavy atom. The van der Waals surface area contributed by atoms with Crippen LogP contribution >= 0.6 is 11.6 Å². The predicted octanol–water partition coefficient (Wildman–Crippen LogP) is 4.25. The second-order valence-electron chi connectivity index (χ2n) is 7.45. The SMILES string of the molecule is CCCC(CCC)n1c(CC)nc2c1c(=O)n(C)c(=O)n2-c1ccc(OC)cc1Cl. The highest BCUT2D eigenvalue weighted by atomic mass is 35.5. The summed E-state index contributed by atoms with van der Waals surface area (Å²) in [6.07, 6.45) is 4.54. The number of methoxy groups -OCH3 is 1. The van der Waals surface area contributed by atoms with Gasteiger partial charge in [0.25, 0.3) is 5.56 Å². The molecule has 162 valence electrons. The van der Waals surface area contributed by atoms with Gasteiger partial charge in [-0.3, -0.25) is 9.36 Å². The van der Waals surface area contributed by atoms with E-state index in [1.165, 1.54) is 11.6 Å². The quantitative estimate of drug-likeness (QED) is 0.533. The first-order valence-corrected chi connectivity index (χ1v) is 10.8. The molecule has 0 amide bonds. The minimum Gasteiger partial charge on any atom is -0.497 e. The largest absolute Gasteiger partial charge is 0.497 e. The fraction of sp³-hybridized carbons (Fsp3) is 0.500. The molecule has 0 atom stereocenters. The van der Waals surface area contributed by atoms with E-state index in [1.54, 1.807) is 25.3 Å². The van der Waals surface area contributed by atoms with Crippen LogP contribution in [-0.4, -0.2) is 25.8 Å². The van der Waals surface area contributed by atoms with Crippen molar-refractivity contribution >= 4 is 22.8 Å². The van der Waals surface area contributed by atoms with Gasteiger partial charge in [-0.15, -0.1) is 0 Å². The Labute approximate surface area is 180 Å². The third kappa shape index (κ3) is 3.67. The van der Waals surface area contributed by atoms with Crippen LogP contribution in [0.5, 0.6) is 5.75 Å². The van der Waals surface area contributed by atoms with Crippen LogP contribution in [0.3, 0.4) is 0 Å². The first-order chi connectivity index (χ1) is 14.4. The molecule has 0 aliphatic rings. The van der Waals surface area contributed by atoms with Gasteiger partial charge in [0, 0.05) is 25.6 Å². The van der Waals surface area contributed by atoms with Gasteiger partial charge in [-0.25, -0.2) is 14.3 Å². The van der Waals surface area contributed by atoms with Gasteiger partial charge in [-0.05, 0) is 25.0 Å². The molecule has 7 nitrogen and oxygen atoms in total. The summed E-state index contributed by atoms with van der Waals surface area (Å²) in [4.78, 5) is 31.1. The van der Waals surface area contributed by atoms with Gasteiger partial charge in [-0.1, -0.05) is 45.2 Å². The van der Waals surface area contributed by atoms with Gasteiger partial charge in [0.15, 0.2) is 11.2 Å². The normalized spacial score (nSPS) is 11.6. The average Bonchev–Trinajstić information content (AvgIpc) is 3.12. The van der Waals surface area contributed by atoms with Crippen molar-refractivity contribution in [2.45, 2.75) is 58.9 Å². The molecule has 30 heavy (non-hydrogen) atoms. The van der Waals surface area contributed by atoms with Crippen molar-refractivity contribution in [3.8, 4) is 11.4 Å². The highest BCUT2D eigenvalue weighted by molar-refractivity contribution is 6.32. The Bertz CT molecular complexity index is 1170. The van der Waals surface area contributed by atoms with E-state index in [2.05, 4.69) is 18.4 Å². The molecule has 0 aliphatic heterocycles. The van der Waals surface area contributed by atoms with Gasteiger partial charge in [-0.2, -0.15) is 0 Å². The highest BCUT2D eigenvalue weighted by Crippen LogP contribution is 2.29. The van der Waals surface area contributed by atoms with Crippen LogP contribution in [0.1, 0.15) is 58.3 Å². The molecule has 8 heteroatoms. The van der Waals surface area contributed by atoms with Crippen molar-refractivity contribution in [3.05, 3.63) is 49.9 Å². The van der Waals surface area contributed by atoms with E-state index in [9.17, 15) is 9.59 Å². The van der Waals surface area contributed by atoms with Crippen molar-refractivity contribution in [1.82, 2.24) is 18.7 Å². The van der Waals surface area contributed by atoms with E-state index >= 15 is 0 Å². The second kappa shape index (κ2) is 9.08. The summed E-state index contributed by atoms with van der Waals surface area (Å²) in [5.74, 6) is 1.39. The van der Waals surface area contributed by atoms with E-state index < -0.39 is 5.69 Å². The second-order valence-corrected chi connectivity index (χ2v) is 7.86. The van der Waals surface area contributed by atoms with Crippen molar-refractivity contribution in [3.63, 3.8) is 0 Å². The lowest BCUT2D eigenvalue weighted by Crippen LogP contribution is -2.38. The Morgan fingerprint density at radius 3 is 2.33 bits per heavy atom. The number of hydrogen-bond acceptors (Lipinski definition) is 4. The molecule has 2 heterocycles. The van der Waals surface area contributed by atoms with Crippen molar-refractivity contribution in [2.24, 2.45) is 7.05 Å². The molecule has 0 saturated heterocycles. The molecule has 3 rings (SSSR count). The molecule has 0 fully saturated rings. The Hall–Kier alpha value is -2.54. The number of benzene rings is 1. The first-order valence-electron chi connectivity index (χ1n) is 10.5. The summed E-state index contributed by atoms with van der Waals surface area (Å²) < 4.78 is 9.85. The monoisotopic (exact) mass is 432 g/mol. The van der Waals surface area contributed by atoms with Crippen LogP contribution in [-0.2, 0) is 13.5 Å². The zero-order valence-electron chi connectivity index (χ0n) is 18.2. The van der Waals surface area contributed by atoms with Crippen LogP contribution in [0, 0.1) is 0 Å². The number of fused-ring (bicyclic) bond motifs is 1. The Morgan fingerprint density at radius 2 is 1.80 bits per heavy atom. The molecule has 0 radical (unpaired) electrons. The summed E-state index contributed by atoms with van der Waals surface area (Å²) in [5.41, 5.74) is 0.463. The lowest BCUT2D eigenvalue weighted by atomic mass is 10.1. The van der Waals surface area contributed by atoms with Crippen LogP contribution < -0.4 is 16.0 Å². The average molecular weight is 433 g/mol. The van der Waals surface area contributed by atoms with E-state index in [0.717, 1.165) is 36.1 Å². The molecule has 0 unspecified atom stereocenters. The third-order valence-electron chi connectivity index (χ3n) is 5.48. The standard InChI is InChI=1S/C22H29ClN4O3/c1-6-9-14(10-7-2)26-18(8-3)24-20-19(26)21(28)25(4)22(29)27(20)17-12-11-15(30-5)13-16(17)23/h11-14H,6-10H2,1-5H3. The summed E-state index contributed by atoms with van der Waals surface area (Å²) in [6, 6.07) is 5.26. The molecule has 1 aromatic carbocycles. The molecular formula is C22H29ClN4O3. The molecule has 0 saturated carbocycles. The fourth-order valence-corrected chi connectivity index (χ4v) is 4.29. The maximum Gasteiger partial charge on any atom is 0.337 e. The van der Waals surface area contributed by atoms with Crippen LogP contribution in [0.2, 0.25) is 5.02 Å². The minimum atomic E-state index is -0.477. The zero-order chi connectivity index (χ0) is 22.0. The summed E-state index contributed by atoms with van der Waals surface area (Å²) >= 11 is 6.49. The van der Waals surface area contributed by atoms with Gasteiger partial charge < -0.3 is 9.30 Å². The Balaban J connectivity index is 2.44. The summed E-state index contributed by atoms with van der Waals surface area (Å²) in [5, 5.41) is 0.350. The number of aryl methyl sites for hydroxylation is 1. The zero-order valence-corrected chi connectivity index (χ0v) is 19.0. The molecule has 0 bridgehead atoms. The summed E-state index contributed by atoms with van der Waals surface area (Å²) in [6.45, 7) is 6.29. The first kappa shape index (κ1) is 22.2. The molecule has 0 aliphatic carbocycles. The molecule has 2 aromatic heterocycles. The fourth-order valence-electron chi connectivity index (χ4n) is 4.03. The van der Waals surface area contributed by atoms with E-state index in [1.807, 2.05) is 6.92 Å². The van der Waals surface area contributed by atoms with Crippen molar-refractivity contribution in [2.75, 3.05) is 7.11 Å². The predicted molar refractivity (Wildman–Crippen MR) is 120 cm³/mol. The van der Waals surface area contributed by atoms with Crippen LogP contribution in [0.15, 0.2) is 27.8 Å². The van der Waals surface area contributed by atoms with Crippen LogP contribution in [0.25, 0.3) is 16.9 Å². The number of halogens is 1. The number of hydrogen-bond donors (Lipinski definition) is 0. The molecule has 0 N–H and O–H groups in total. The third-order valence-corrected chi connectivity index (χ3v) is 5.79. The number of imidazole rings is 1. The topological polar surface area (TPSA) is 71.0 Å². The number of nitrogens with zero attached hydrogens (tertiary/aromatic N) is 4. The maximum atomic E-state index is 13.2.